The van der Waals surface area contributed by atoms with Crippen LogP contribution in [0.2, 0.25) is 10.0 Å². The molecule has 0 N–H and O–H groups in total. The van der Waals surface area contributed by atoms with Gasteiger partial charge in [-0.1, -0.05) is 47.5 Å². The molecule has 2 aromatic carbocycles. The molecule has 0 unspecified atom stereocenters. The predicted molar refractivity (Wildman–Crippen MR) is 143 cm³/mol. The Morgan fingerprint density at radius 1 is 0.917 bits per heavy atom. The van der Waals surface area contributed by atoms with Gasteiger partial charge in [-0.3, -0.25) is 14.5 Å². The van der Waals surface area contributed by atoms with Crippen molar-refractivity contribution < 1.29 is 14.3 Å². The van der Waals surface area contributed by atoms with Gasteiger partial charge in [-0.2, -0.15) is 0 Å². The first kappa shape index (κ1) is 26.9. The number of piperazine rings is 1. The number of methoxy groups -OCH3 is 1. The third-order valence-electron chi connectivity index (χ3n) is 7.45. The van der Waals surface area contributed by atoms with Crippen LogP contribution in [0.3, 0.4) is 0 Å². The van der Waals surface area contributed by atoms with Crippen LogP contribution in [0, 0.1) is 5.92 Å². The van der Waals surface area contributed by atoms with Crippen LogP contribution in [-0.4, -0.2) is 79.0 Å². The van der Waals surface area contributed by atoms with Crippen molar-refractivity contribution in [1.29, 1.82) is 0 Å². The molecule has 2 heterocycles. The maximum atomic E-state index is 13.4. The Morgan fingerprint density at radius 3 is 1.97 bits per heavy atom. The first-order chi connectivity index (χ1) is 17.4. The molecule has 2 fully saturated rings. The molecule has 2 aromatic rings. The number of hydrogen-bond acceptors (Lipinski definition) is 4. The lowest BCUT2D eigenvalue weighted by atomic mass is 9.92. The summed E-state index contributed by atoms with van der Waals surface area (Å²) < 4.78 is 5.56. The van der Waals surface area contributed by atoms with Crippen molar-refractivity contribution >= 4 is 35.0 Å². The summed E-state index contributed by atoms with van der Waals surface area (Å²) >= 11 is 12.4. The molecule has 0 aromatic heterocycles. The third-order valence-corrected chi connectivity index (χ3v) is 7.96. The minimum atomic E-state index is -0.0318. The first-order valence-corrected chi connectivity index (χ1v) is 13.4. The van der Waals surface area contributed by atoms with Gasteiger partial charge in [-0.25, -0.2) is 0 Å². The van der Waals surface area contributed by atoms with E-state index in [2.05, 4.69) is 29.2 Å². The zero-order valence-corrected chi connectivity index (χ0v) is 22.5. The van der Waals surface area contributed by atoms with E-state index in [4.69, 9.17) is 27.9 Å². The second-order valence-corrected chi connectivity index (χ2v) is 10.7. The van der Waals surface area contributed by atoms with E-state index in [1.165, 1.54) is 0 Å². The summed E-state index contributed by atoms with van der Waals surface area (Å²) in [6.45, 7) is 5.69. The second kappa shape index (κ2) is 12.4. The highest BCUT2D eigenvalue weighted by Gasteiger charge is 2.35. The Labute approximate surface area is 224 Å². The summed E-state index contributed by atoms with van der Waals surface area (Å²) in [4.78, 5) is 31.3. The quantitative estimate of drug-likeness (QED) is 0.510. The van der Waals surface area contributed by atoms with Gasteiger partial charge in [-0.15, -0.1) is 0 Å². The highest BCUT2D eigenvalue weighted by atomic mass is 35.5. The van der Waals surface area contributed by atoms with E-state index in [0.717, 1.165) is 43.6 Å². The summed E-state index contributed by atoms with van der Waals surface area (Å²) in [5, 5.41) is 1.41. The molecule has 0 spiro atoms. The smallest absolute Gasteiger partial charge is 0.223 e. The molecule has 6 nitrogen and oxygen atoms in total. The molecule has 2 amide bonds. The maximum absolute atomic E-state index is 13.4. The van der Waals surface area contributed by atoms with Crippen LogP contribution in [0.1, 0.15) is 43.4 Å². The van der Waals surface area contributed by atoms with E-state index in [0.29, 0.717) is 42.1 Å². The van der Waals surface area contributed by atoms with E-state index < -0.39 is 0 Å². The Bertz CT molecular complexity index is 978. The van der Waals surface area contributed by atoms with E-state index in [1.807, 2.05) is 34.1 Å². The van der Waals surface area contributed by atoms with Gasteiger partial charge in [0.1, 0.15) is 0 Å². The lowest BCUT2D eigenvalue weighted by Crippen LogP contribution is -2.57. The largest absolute Gasteiger partial charge is 0.382 e. The zero-order valence-electron chi connectivity index (χ0n) is 21.0. The molecular formula is C28H35Cl2N3O3. The maximum Gasteiger partial charge on any atom is 0.223 e. The third kappa shape index (κ3) is 6.60. The van der Waals surface area contributed by atoms with E-state index in [1.54, 1.807) is 14.0 Å². The highest BCUT2D eigenvalue weighted by Crippen LogP contribution is 2.33. The number of piperidine rings is 1. The van der Waals surface area contributed by atoms with Gasteiger partial charge in [0.2, 0.25) is 11.8 Å². The van der Waals surface area contributed by atoms with Crippen LogP contribution in [0.4, 0.5) is 0 Å². The molecule has 194 valence electrons. The number of likely N-dealkylation sites (tertiary alicyclic amines) is 1. The molecular weight excluding hydrogens is 497 g/mol. The Balaban J connectivity index is 1.48. The SMILES string of the molecule is COC[C@H]1CN(C(c2ccc(Cl)cc2)c2ccc(Cl)cc2)CCN1C(=O)CC1CCN(C(C)=O)CC1. The fourth-order valence-corrected chi connectivity index (χ4v) is 5.75. The lowest BCUT2D eigenvalue weighted by molar-refractivity contribution is -0.139. The Morgan fingerprint density at radius 2 is 1.47 bits per heavy atom. The number of amides is 2. The summed E-state index contributed by atoms with van der Waals surface area (Å²) in [5.74, 6) is 0.629. The normalized spacial score (nSPS) is 19.6. The molecule has 2 saturated heterocycles. The van der Waals surface area contributed by atoms with Gasteiger partial charge in [0.25, 0.3) is 0 Å². The molecule has 36 heavy (non-hydrogen) atoms. The molecule has 8 heteroatoms. The Hall–Kier alpha value is -2.12. The average Bonchev–Trinajstić information content (AvgIpc) is 2.87. The number of benzene rings is 2. The van der Waals surface area contributed by atoms with E-state index in [-0.39, 0.29) is 23.9 Å². The van der Waals surface area contributed by atoms with Gasteiger partial charge in [-0.05, 0) is 54.2 Å². The first-order valence-electron chi connectivity index (χ1n) is 12.6. The lowest BCUT2D eigenvalue weighted by Gasteiger charge is -2.45. The summed E-state index contributed by atoms with van der Waals surface area (Å²) in [7, 11) is 1.69. The van der Waals surface area contributed by atoms with Crippen molar-refractivity contribution in [3.63, 3.8) is 0 Å². The summed E-state index contributed by atoms with van der Waals surface area (Å²) in [6, 6.07) is 15.9. The number of carbonyl (C=O) groups excluding carboxylic acids is 2. The van der Waals surface area contributed by atoms with Gasteiger partial charge >= 0.3 is 0 Å². The molecule has 2 aliphatic heterocycles. The predicted octanol–water partition coefficient (Wildman–Crippen LogP) is 4.89. The zero-order chi connectivity index (χ0) is 25.7. The van der Waals surface area contributed by atoms with Crippen LogP contribution in [0.25, 0.3) is 0 Å². The van der Waals surface area contributed by atoms with Gasteiger partial charge < -0.3 is 14.5 Å². The van der Waals surface area contributed by atoms with Gasteiger partial charge in [0.15, 0.2) is 0 Å². The van der Waals surface area contributed by atoms with Crippen molar-refractivity contribution in [2.75, 3.05) is 46.4 Å². The van der Waals surface area contributed by atoms with Crippen molar-refractivity contribution in [3.8, 4) is 0 Å². The molecule has 0 saturated carbocycles. The van der Waals surface area contributed by atoms with Gasteiger partial charge in [0.05, 0.1) is 18.7 Å². The van der Waals surface area contributed by atoms with Gasteiger partial charge in [0, 0.05) is 63.2 Å². The number of rotatable bonds is 7. The van der Waals surface area contributed by atoms with Crippen molar-refractivity contribution in [3.05, 3.63) is 69.7 Å². The van der Waals surface area contributed by atoms with Crippen LogP contribution >= 0.6 is 23.2 Å². The summed E-state index contributed by atoms with van der Waals surface area (Å²) in [5.41, 5.74) is 2.30. The highest BCUT2D eigenvalue weighted by molar-refractivity contribution is 6.30. The summed E-state index contributed by atoms with van der Waals surface area (Å²) in [6.07, 6.45) is 2.30. The average molecular weight is 533 g/mol. The topological polar surface area (TPSA) is 53.1 Å². The van der Waals surface area contributed by atoms with Crippen molar-refractivity contribution in [1.82, 2.24) is 14.7 Å². The molecule has 4 rings (SSSR count). The number of halogens is 2. The van der Waals surface area contributed by atoms with Crippen LogP contribution in [0.15, 0.2) is 48.5 Å². The minimum absolute atomic E-state index is 0.0204. The minimum Gasteiger partial charge on any atom is -0.382 e. The van der Waals surface area contributed by atoms with Crippen molar-refractivity contribution in [2.45, 2.75) is 38.3 Å². The van der Waals surface area contributed by atoms with Crippen LogP contribution < -0.4 is 0 Å². The van der Waals surface area contributed by atoms with Crippen LogP contribution in [0.5, 0.6) is 0 Å². The standard InChI is InChI=1S/C28H35Cl2N3O3/c1-20(34)31-13-11-21(12-14-31)17-27(35)33-16-15-32(18-26(33)19-36-2)28(22-3-7-24(29)8-4-22)23-5-9-25(30)10-6-23/h3-10,21,26,28H,11-19H2,1-2H3/t26-/m1/s1. The number of carbonyl (C=O) groups is 2. The fourth-order valence-electron chi connectivity index (χ4n) is 5.50. The molecule has 0 bridgehead atoms. The van der Waals surface area contributed by atoms with Crippen LogP contribution in [-0.2, 0) is 14.3 Å². The molecule has 2 aliphatic rings. The molecule has 0 aliphatic carbocycles. The molecule has 0 radical (unpaired) electrons. The Kier molecular flexibility index (Phi) is 9.29. The number of nitrogens with zero attached hydrogens (tertiary/aromatic N) is 3. The van der Waals surface area contributed by atoms with E-state index in [9.17, 15) is 9.59 Å². The second-order valence-electron chi connectivity index (χ2n) is 9.85. The molecule has 1 atom stereocenters. The number of hydrogen-bond donors (Lipinski definition) is 0. The number of ether oxygens (including phenoxy) is 1. The fraction of sp³-hybridized carbons (Fsp3) is 0.500. The van der Waals surface area contributed by atoms with Crippen molar-refractivity contribution in [2.24, 2.45) is 5.92 Å². The monoisotopic (exact) mass is 531 g/mol. The van der Waals surface area contributed by atoms with E-state index >= 15 is 0 Å².